The van der Waals surface area contributed by atoms with E-state index < -0.39 is 0 Å². The molecule has 2 aromatic heterocycles. The number of carbonyl (C=O) groups excluding carboxylic acids is 1. The van der Waals surface area contributed by atoms with Crippen LogP contribution in [0.15, 0.2) is 4.52 Å². The van der Waals surface area contributed by atoms with Crippen LogP contribution in [-0.2, 0) is 12.8 Å². The predicted molar refractivity (Wildman–Crippen MR) is 67.9 cm³/mol. The zero-order chi connectivity index (χ0) is 13.1. The number of nitrogens with zero attached hydrogens (tertiary/aromatic N) is 3. The highest BCUT2D eigenvalue weighted by Crippen LogP contribution is 2.19. The van der Waals surface area contributed by atoms with Crippen molar-refractivity contribution in [1.29, 1.82) is 0 Å². The van der Waals surface area contributed by atoms with Gasteiger partial charge in [0.15, 0.2) is 0 Å². The highest BCUT2D eigenvalue weighted by molar-refractivity contribution is 7.15. The van der Waals surface area contributed by atoms with Gasteiger partial charge in [0, 0.05) is 0 Å². The number of carbonyl (C=O) groups is 1. The van der Waals surface area contributed by atoms with Crippen molar-refractivity contribution in [2.75, 3.05) is 5.32 Å². The Hall–Kier alpha value is -1.76. The third-order valence-electron chi connectivity index (χ3n) is 2.49. The summed E-state index contributed by atoms with van der Waals surface area (Å²) in [5.74, 6) is 0.272. The quantitative estimate of drug-likeness (QED) is 0.917. The van der Waals surface area contributed by atoms with Gasteiger partial charge in [-0.2, -0.15) is 0 Å². The molecule has 0 fully saturated rings. The first-order valence-corrected chi connectivity index (χ1v) is 6.56. The van der Waals surface area contributed by atoms with E-state index in [0.717, 1.165) is 11.4 Å². The van der Waals surface area contributed by atoms with Crippen molar-refractivity contribution in [3.05, 3.63) is 22.0 Å². The molecular weight excluding hydrogens is 252 g/mol. The first kappa shape index (κ1) is 12.7. The van der Waals surface area contributed by atoms with Gasteiger partial charge in [0.05, 0.1) is 5.69 Å². The van der Waals surface area contributed by atoms with E-state index in [1.807, 2.05) is 13.8 Å². The summed E-state index contributed by atoms with van der Waals surface area (Å²) in [6.45, 7) is 5.64. The van der Waals surface area contributed by atoms with Crippen LogP contribution in [0.25, 0.3) is 0 Å². The Morgan fingerprint density at radius 2 is 2.11 bits per heavy atom. The van der Waals surface area contributed by atoms with E-state index in [2.05, 4.69) is 20.7 Å². The zero-order valence-electron chi connectivity index (χ0n) is 10.5. The molecule has 96 valence electrons. The summed E-state index contributed by atoms with van der Waals surface area (Å²) in [6.07, 6.45) is 1.45. The van der Waals surface area contributed by atoms with E-state index >= 15 is 0 Å². The van der Waals surface area contributed by atoms with Gasteiger partial charge < -0.3 is 4.52 Å². The van der Waals surface area contributed by atoms with Crippen LogP contribution in [0.1, 0.15) is 40.7 Å². The lowest BCUT2D eigenvalue weighted by Crippen LogP contribution is -2.14. The lowest BCUT2D eigenvalue weighted by atomic mass is 10.1. The maximum atomic E-state index is 12.1. The molecule has 0 aliphatic carbocycles. The number of rotatable bonds is 4. The highest BCUT2D eigenvalue weighted by atomic mass is 32.1. The second-order valence-electron chi connectivity index (χ2n) is 3.72. The van der Waals surface area contributed by atoms with Crippen molar-refractivity contribution in [3.8, 4) is 0 Å². The Bertz CT molecular complexity index is 561. The van der Waals surface area contributed by atoms with Crippen molar-refractivity contribution in [1.82, 2.24) is 15.4 Å². The molecule has 2 heterocycles. The van der Waals surface area contributed by atoms with Crippen LogP contribution in [0.5, 0.6) is 0 Å². The smallest absolute Gasteiger partial charge is 0.263 e. The Morgan fingerprint density at radius 3 is 2.72 bits per heavy atom. The fraction of sp³-hybridized carbons (Fsp3) is 0.455. The minimum Gasteiger partial charge on any atom is -0.361 e. The number of nitrogens with one attached hydrogen (secondary N) is 1. The number of hydrogen-bond donors (Lipinski definition) is 1. The standard InChI is InChI=1S/C11H14N4O2S/c1-4-7-9(6(3)17-15-7)10(16)12-11-14-13-8(5-2)18-11/h4-5H2,1-3H3,(H,12,14,16). The van der Waals surface area contributed by atoms with Gasteiger partial charge in [-0.15, -0.1) is 10.2 Å². The van der Waals surface area contributed by atoms with Gasteiger partial charge in [-0.05, 0) is 19.8 Å². The lowest BCUT2D eigenvalue weighted by Gasteiger charge is -2.00. The van der Waals surface area contributed by atoms with E-state index in [0.29, 0.717) is 28.6 Å². The summed E-state index contributed by atoms with van der Waals surface area (Å²) in [4.78, 5) is 12.1. The van der Waals surface area contributed by atoms with E-state index in [4.69, 9.17) is 4.52 Å². The summed E-state index contributed by atoms with van der Waals surface area (Å²) in [5.41, 5.74) is 1.15. The molecule has 0 unspecified atom stereocenters. The van der Waals surface area contributed by atoms with Gasteiger partial charge in [-0.1, -0.05) is 30.3 Å². The monoisotopic (exact) mass is 266 g/mol. The molecule has 0 aliphatic heterocycles. The van der Waals surface area contributed by atoms with E-state index in [-0.39, 0.29) is 5.91 Å². The average Bonchev–Trinajstić information content (AvgIpc) is 2.95. The molecule has 7 heteroatoms. The average molecular weight is 266 g/mol. The fourth-order valence-electron chi connectivity index (χ4n) is 1.56. The summed E-state index contributed by atoms with van der Waals surface area (Å²) in [6, 6.07) is 0. The van der Waals surface area contributed by atoms with Crippen LogP contribution in [0, 0.1) is 6.92 Å². The normalized spacial score (nSPS) is 10.6. The number of amides is 1. The van der Waals surface area contributed by atoms with Crippen molar-refractivity contribution in [2.24, 2.45) is 0 Å². The van der Waals surface area contributed by atoms with Gasteiger partial charge in [0.2, 0.25) is 5.13 Å². The van der Waals surface area contributed by atoms with Crippen molar-refractivity contribution >= 4 is 22.4 Å². The number of aromatic nitrogens is 3. The van der Waals surface area contributed by atoms with E-state index in [1.54, 1.807) is 6.92 Å². The zero-order valence-corrected chi connectivity index (χ0v) is 11.3. The van der Waals surface area contributed by atoms with Crippen LogP contribution in [0.3, 0.4) is 0 Å². The van der Waals surface area contributed by atoms with Gasteiger partial charge >= 0.3 is 0 Å². The Balaban J connectivity index is 2.18. The summed E-state index contributed by atoms with van der Waals surface area (Å²) < 4.78 is 5.03. The first-order valence-electron chi connectivity index (χ1n) is 5.74. The maximum Gasteiger partial charge on any atom is 0.263 e. The van der Waals surface area contributed by atoms with E-state index in [1.165, 1.54) is 11.3 Å². The third-order valence-corrected chi connectivity index (χ3v) is 3.47. The lowest BCUT2D eigenvalue weighted by molar-refractivity contribution is 0.102. The molecule has 0 radical (unpaired) electrons. The minimum absolute atomic E-state index is 0.246. The van der Waals surface area contributed by atoms with Crippen molar-refractivity contribution in [3.63, 3.8) is 0 Å². The predicted octanol–water partition coefficient (Wildman–Crippen LogP) is 2.21. The molecule has 2 aromatic rings. The molecule has 2 rings (SSSR count). The summed E-state index contributed by atoms with van der Waals surface area (Å²) in [5, 5.41) is 15.8. The van der Waals surface area contributed by atoms with E-state index in [9.17, 15) is 4.79 Å². The summed E-state index contributed by atoms with van der Waals surface area (Å²) >= 11 is 1.37. The Kier molecular flexibility index (Phi) is 3.71. The molecule has 0 aliphatic rings. The molecule has 0 saturated carbocycles. The Morgan fingerprint density at radius 1 is 1.33 bits per heavy atom. The minimum atomic E-state index is -0.246. The fourth-order valence-corrected chi connectivity index (χ4v) is 2.23. The molecule has 0 atom stereocenters. The SMILES string of the molecule is CCc1nnc(NC(=O)c2c(CC)noc2C)s1. The second kappa shape index (κ2) is 5.26. The van der Waals surface area contributed by atoms with Gasteiger partial charge in [-0.25, -0.2) is 0 Å². The van der Waals surface area contributed by atoms with Crippen LogP contribution >= 0.6 is 11.3 Å². The largest absolute Gasteiger partial charge is 0.361 e. The van der Waals surface area contributed by atoms with Gasteiger partial charge in [0.25, 0.3) is 5.91 Å². The molecule has 0 saturated heterocycles. The van der Waals surface area contributed by atoms with Crippen LogP contribution < -0.4 is 5.32 Å². The molecule has 1 amide bonds. The number of anilines is 1. The highest BCUT2D eigenvalue weighted by Gasteiger charge is 2.20. The molecule has 0 bridgehead atoms. The molecule has 1 N–H and O–H groups in total. The van der Waals surface area contributed by atoms with Gasteiger partial charge in [0.1, 0.15) is 16.3 Å². The molecular formula is C11H14N4O2S. The number of aryl methyl sites for hydroxylation is 3. The van der Waals surface area contributed by atoms with Crippen LogP contribution in [0.2, 0.25) is 0 Å². The molecule has 18 heavy (non-hydrogen) atoms. The summed E-state index contributed by atoms with van der Waals surface area (Å²) in [7, 11) is 0. The second-order valence-corrected chi connectivity index (χ2v) is 4.78. The maximum absolute atomic E-state index is 12.1. The van der Waals surface area contributed by atoms with Crippen molar-refractivity contribution in [2.45, 2.75) is 33.6 Å². The van der Waals surface area contributed by atoms with Crippen LogP contribution in [0.4, 0.5) is 5.13 Å². The van der Waals surface area contributed by atoms with Crippen LogP contribution in [-0.4, -0.2) is 21.3 Å². The topological polar surface area (TPSA) is 80.9 Å². The number of hydrogen-bond acceptors (Lipinski definition) is 6. The molecule has 0 aromatic carbocycles. The molecule has 6 nitrogen and oxygen atoms in total. The van der Waals surface area contributed by atoms with Crippen molar-refractivity contribution < 1.29 is 9.32 Å². The first-order chi connectivity index (χ1) is 8.65. The van der Waals surface area contributed by atoms with Gasteiger partial charge in [-0.3, -0.25) is 10.1 Å². The molecule has 0 spiro atoms. The Labute approximate surface area is 108 Å². The third kappa shape index (κ3) is 2.40.